The Morgan fingerprint density at radius 2 is 1.69 bits per heavy atom. The van der Waals surface area contributed by atoms with Gasteiger partial charge in [-0.05, 0) is 52.0 Å². The molecule has 7 nitrogen and oxygen atoms in total. The van der Waals surface area contributed by atoms with Crippen LogP contribution >= 0.6 is 0 Å². The van der Waals surface area contributed by atoms with Crippen LogP contribution in [0.1, 0.15) is 39.1 Å². The Morgan fingerprint density at radius 3 is 2.34 bits per heavy atom. The van der Waals surface area contributed by atoms with E-state index in [0.29, 0.717) is 23.0 Å². The Balaban J connectivity index is 2.03. The molecule has 0 radical (unpaired) electrons. The molecule has 0 amide bonds. The van der Waals surface area contributed by atoms with Crippen molar-refractivity contribution in [2.24, 2.45) is 0 Å². The second kappa shape index (κ2) is 8.78. The average molecular weight is 441 g/mol. The van der Waals surface area contributed by atoms with Gasteiger partial charge in [0.25, 0.3) is 0 Å². The van der Waals surface area contributed by atoms with Crippen molar-refractivity contribution in [2.45, 2.75) is 45.3 Å². The zero-order valence-corrected chi connectivity index (χ0v) is 18.0. The largest absolute Gasteiger partial charge is 0.433 e. The molecule has 3 aromatic heterocycles. The molecule has 3 heterocycles. The van der Waals surface area contributed by atoms with E-state index in [1.54, 1.807) is 38.2 Å². The molecule has 0 aliphatic rings. The maximum Gasteiger partial charge on any atom is 0.433 e. The first-order valence-electron chi connectivity index (χ1n) is 9.83. The van der Waals surface area contributed by atoms with E-state index in [4.69, 9.17) is 0 Å². The van der Waals surface area contributed by atoms with E-state index in [2.05, 4.69) is 36.6 Å². The van der Waals surface area contributed by atoms with E-state index >= 15 is 0 Å². The molecule has 0 aromatic carbocycles. The maximum absolute atomic E-state index is 13.1. The van der Waals surface area contributed by atoms with Gasteiger partial charge in [-0.1, -0.05) is 6.07 Å². The number of pyridine rings is 2. The van der Waals surface area contributed by atoms with Gasteiger partial charge in [0.2, 0.25) is 0 Å². The molecule has 0 saturated heterocycles. The van der Waals surface area contributed by atoms with E-state index in [1.807, 2.05) is 13.8 Å². The summed E-state index contributed by atoms with van der Waals surface area (Å²) in [6.07, 6.45) is -3.01. The van der Waals surface area contributed by atoms with Gasteiger partial charge in [-0.25, -0.2) is 15.0 Å². The summed E-state index contributed by atoms with van der Waals surface area (Å²) >= 11 is 0. The molecule has 32 heavy (non-hydrogen) atoms. The van der Waals surface area contributed by atoms with Crippen molar-refractivity contribution in [2.75, 3.05) is 10.6 Å². The molecule has 3 rings (SSSR count). The topological polar surface area (TPSA) is 99.4 Å². The fourth-order valence-electron chi connectivity index (χ4n) is 2.77. The lowest BCUT2D eigenvalue weighted by molar-refractivity contribution is -0.141. The van der Waals surface area contributed by atoms with Gasteiger partial charge in [0.15, 0.2) is 5.82 Å². The zero-order chi connectivity index (χ0) is 23.5. The number of halogens is 3. The van der Waals surface area contributed by atoms with Crippen molar-refractivity contribution < 1.29 is 13.2 Å². The maximum atomic E-state index is 13.1. The third-order valence-corrected chi connectivity index (χ3v) is 4.38. The first-order chi connectivity index (χ1) is 15.0. The van der Waals surface area contributed by atoms with E-state index in [0.717, 1.165) is 6.07 Å². The predicted octanol–water partition coefficient (Wildman–Crippen LogP) is 5.32. The molecule has 0 aliphatic carbocycles. The minimum absolute atomic E-state index is 0.00341. The summed E-state index contributed by atoms with van der Waals surface area (Å²) in [4.78, 5) is 16.6. The molecule has 0 spiro atoms. The van der Waals surface area contributed by atoms with Crippen LogP contribution in [0.5, 0.6) is 0 Å². The van der Waals surface area contributed by atoms with E-state index in [1.165, 1.54) is 12.1 Å². The first kappa shape index (κ1) is 22.9. The Labute approximate surface area is 183 Å². The molecule has 0 unspecified atom stereocenters. The standard InChI is InChI=1S/C22H22F3N7/c1-13(2)28-18-11-19(29-14-8-9-27-17(10-14)21(3,4)12-26)32-20(31-18)15-6-5-7-16(30-15)22(23,24)25/h5-11,13H,1-4H3,(H2,27,28,29,31,32). The molecular weight excluding hydrogens is 419 g/mol. The van der Waals surface area contributed by atoms with Crippen LogP contribution < -0.4 is 10.6 Å². The highest BCUT2D eigenvalue weighted by atomic mass is 19.4. The van der Waals surface area contributed by atoms with Crippen molar-refractivity contribution >= 4 is 17.3 Å². The number of nitrogens with zero attached hydrogens (tertiary/aromatic N) is 5. The van der Waals surface area contributed by atoms with Crippen LogP contribution in [0.25, 0.3) is 11.5 Å². The number of hydrogen-bond donors (Lipinski definition) is 2. The number of rotatable bonds is 6. The minimum atomic E-state index is -4.58. The Kier molecular flexibility index (Phi) is 6.30. The van der Waals surface area contributed by atoms with Gasteiger partial charge in [0.05, 0.1) is 17.2 Å². The van der Waals surface area contributed by atoms with Gasteiger partial charge in [-0.15, -0.1) is 0 Å². The molecular formula is C22H22F3N7. The smallest absolute Gasteiger partial charge is 0.368 e. The molecule has 0 bridgehead atoms. The van der Waals surface area contributed by atoms with Crippen LogP contribution in [0.3, 0.4) is 0 Å². The summed E-state index contributed by atoms with van der Waals surface area (Å²) in [5, 5.41) is 15.6. The number of anilines is 3. The number of hydrogen-bond acceptors (Lipinski definition) is 7. The van der Waals surface area contributed by atoms with Gasteiger partial charge in [0, 0.05) is 24.0 Å². The van der Waals surface area contributed by atoms with Crippen LogP contribution in [-0.2, 0) is 11.6 Å². The summed E-state index contributed by atoms with van der Waals surface area (Å²) in [5.74, 6) is 0.818. The molecule has 0 saturated carbocycles. The molecule has 2 N–H and O–H groups in total. The van der Waals surface area contributed by atoms with E-state index in [9.17, 15) is 18.4 Å². The van der Waals surface area contributed by atoms with Crippen LogP contribution in [0.4, 0.5) is 30.5 Å². The van der Waals surface area contributed by atoms with Crippen LogP contribution in [-0.4, -0.2) is 26.0 Å². The summed E-state index contributed by atoms with van der Waals surface area (Å²) < 4.78 is 39.3. The van der Waals surface area contributed by atoms with Crippen LogP contribution in [0.2, 0.25) is 0 Å². The van der Waals surface area contributed by atoms with Gasteiger partial charge in [-0.2, -0.15) is 18.4 Å². The first-order valence-corrected chi connectivity index (χ1v) is 9.83. The van der Waals surface area contributed by atoms with Gasteiger partial charge in [0.1, 0.15) is 23.0 Å². The molecule has 3 aromatic rings. The third kappa shape index (κ3) is 5.49. The fourth-order valence-corrected chi connectivity index (χ4v) is 2.77. The van der Waals surface area contributed by atoms with E-state index in [-0.39, 0.29) is 17.6 Å². The van der Waals surface area contributed by atoms with E-state index < -0.39 is 17.3 Å². The van der Waals surface area contributed by atoms with Gasteiger partial charge < -0.3 is 10.6 Å². The highest BCUT2D eigenvalue weighted by Crippen LogP contribution is 2.30. The van der Waals surface area contributed by atoms with Crippen molar-refractivity contribution in [1.29, 1.82) is 5.26 Å². The average Bonchev–Trinajstić information content (AvgIpc) is 2.73. The summed E-state index contributed by atoms with van der Waals surface area (Å²) in [6, 6.07) is 10.9. The molecule has 10 heteroatoms. The Morgan fingerprint density at radius 1 is 0.969 bits per heavy atom. The lowest BCUT2D eigenvalue weighted by Crippen LogP contribution is -2.16. The second-order valence-electron chi connectivity index (χ2n) is 7.96. The Bertz CT molecular complexity index is 1150. The van der Waals surface area contributed by atoms with Crippen molar-refractivity contribution in [3.05, 3.63) is 54.0 Å². The predicted molar refractivity (Wildman–Crippen MR) is 115 cm³/mol. The normalized spacial score (nSPS) is 11.8. The highest BCUT2D eigenvalue weighted by Gasteiger charge is 2.32. The van der Waals surface area contributed by atoms with Gasteiger partial charge >= 0.3 is 6.18 Å². The quantitative estimate of drug-likeness (QED) is 0.534. The number of alkyl halides is 3. The van der Waals surface area contributed by atoms with Crippen molar-refractivity contribution in [3.63, 3.8) is 0 Å². The summed E-state index contributed by atoms with van der Waals surface area (Å²) in [7, 11) is 0. The number of nitriles is 1. The van der Waals surface area contributed by atoms with Crippen molar-refractivity contribution in [3.8, 4) is 17.6 Å². The SMILES string of the molecule is CC(C)Nc1cc(Nc2ccnc(C(C)(C)C#N)c2)nc(-c2cccc(C(F)(F)F)n2)n1. The number of aromatic nitrogens is 4. The lowest BCUT2D eigenvalue weighted by atomic mass is 9.91. The molecule has 0 atom stereocenters. The monoisotopic (exact) mass is 441 g/mol. The Hall–Kier alpha value is -3.74. The fraction of sp³-hybridized carbons (Fsp3) is 0.318. The van der Waals surface area contributed by atoms with Gasteiger partial charge in [-0.3, -0.25) is 4.98 Å². The molecule has 0 fully saturated rings. The molecule has 166 valence electrons. The zero-order valence-electron chi connectivity index (χ0n) is 18.0. The highest BCUT2D eigenvalue weighted by molar-refractivity contribution is 5.64. The minimum Gasteiger partial charge on any atom is -0.368 e. The second-order valence-corrected chi connectivity index (χ2v) is 7.96. The molecule has 0 aliphatic heterocycles. The lowest BCUT2D eigenvalue weighted by Gasteiger charge is -2.16. The summed E-state index contributed by atoms with van der Waals surface area (Å²) in [6.45, 7) is 7.34. The summed E-state index contributed by atoms with van der Waals surface area (Å²) in [5.41, 5.74) is -0.625. The third-order valence-electron chi connectivity index (χ3n) is 4.38. The van der Waals surface area contributed by atoms with Crippen LogP contribution in [0.15, 0.2) is 42.6 Å². The van der Waals surface area contributed by atoms with Crippen molar-refractivity contribution in [1.82, 2.24) is 19.9 Å². The number of nitrogens with one attached hydrogen (secondary N) is 2. The van der Waals surface area contributed by atoms with Crippen LogP contribution in [0, 0.1) is 11.3 Å².